The number of nitrogens with zero attached hydrogens (tertiary/aromatic N) is 1. The molecule has 0 unspecified atom stereocenters. The monoisotopic (exact) mass is 288 g/mol. The standard InChI is InChI=1S/C18H28N2O/c1-2-3-7-12-20-13-10-17(11-14-20)18(21)19-15-16-8-5-4-6-9-16/h4-6,8-9,17H,2-3,7,10-15H2,1H3,(H,19,21). The van der Waals surface area contributed by atoms with Crippen molar-refractivity contribution in [3.05, 3.63) is 35.9 Å². The third kappa shape index (κ3) is 5.50. The maximum absolute atomic E-state index is 12.2. The molecule has 1 aliphatic heterocycles. The highest BCUT2D eigenvalue weighted by Gasteiger charge is 2.24. The minimum absolute atomic E-state index is 0.205. The second-order valence-corrected chi connectivity index (χ2v) is 6.03. The number of benzene rings is 1. The molecule has 0 atom stereocenters. The molecule has 0 radical (unpaired) electrons. The Balaban J connectivity index is 1.66. The van der Waals surface area contributed by atoms with E-state index >= 15 is 0 Å². The van der Waals surface area contributed by atoms with Crippen LogP contribution in [0.15, 0.2) is 30.3 Å². The predicted octanol–water partition coefficient (Wildman–Crippen LogP) is 3.21. The Bertz CT molecular complexity index is 410. The van der Waals surface area contributed by atoms with Crippen LogP contribution < -0.4 is 5.32 Å². The molecular weight excluding hydrogens is 260 g/mol. The zero-order valence-corrected chi connectivity index (χ0v) is 13.2. The van der Waals surface area contributed by atoms with E-state index in [1.54, 1.807) is 0 Å². The Kier molecular flexibility index (Phi) is 6.74. The lowest BCUT2D eigenvalue weighted by molar-refractivity contribution is -0.126. The maximum Gasteiger partial charge on any atom is 0.223 e. The topological polar surface area (TPSA) is 32.3 Å². The van der Waals surface area contributed by atoms with Gasteiger partial charge in [-0.15, -0.1) is 0 Å². The zero-order valence-electron chi connectivity index (χ0n) is 13.2. The molecule has 116 valence electrons. The molecule has 3 heteroatoms. The Morgan fingerprint density at radius 3 is 2.57 bits per heavy atom. The molecular formula is C18H28N2O. The summed E-state index contributed by atoms with van der Waals surface area (Å²) in [5.74, 6) is 0.434. The average molecular weight is 288 g/mol. The highest BCUT2D eigenvalue weighted by atomic mass is 16.1. The van der Waals surface area contributed by atoms with Gasteiger partial charge in [0.25, 0.3) is 0 Å². The minimum atomic E-state index is 0.205. The summed E-state index contributed by atoms with van der Waals surface area (Å²) in [6.07, 6.45) is 5.90. The highest BCUT2D eigenvalue weighted by molar-refractivity contribution is 5.78. The van der Waals surface area contributed by atoms with Gasteiger partial charge in [0.2, 0.25) is 5.91 Å². The molecule has 0 spiro atoms. The Morgan fingerprint density at radius 1 is 1.19 bits per heavy atom. The predicted molar refractivity (Wildman–Crippen MR) is 87.0 cm³/mol. The SMILES string of the molecule is CCCCCN1CCC(C(=O)NCc2ccccc2)CC1. The summed E-state index contributed by atoms with van der Waals surface area (Å²) in [7, 11) is 0. The van der Waals surface area contributed by atoms with Crippen LogP contribution in [0.25, 0.3) is 0 Å². The molecule has 0 aliphatic carbocycles. The van der Waals surface area contributed by atoms with Crippen molar-refractivity contribution in [3.8, 4) is 0 Å². The zero-order chi connectivity index (χ0) is 14.9. The smallest absolute Gasteiger partial charge is 0.223 e. The van der Waals surface area contributed by atoms with Crippen molar-refractivity contribution < 1.29 is 4.79 Å². The first kappa shape index (κ1) is 16.0. The minimum Gasteiger partial charge on any atom is -0.352 e. The van der Waals surface area contributed by atoms with Crippen molar-refractivity contribution >= 4 is 5.91 Å². The van der Waals surface area contributed by atoms with E-state index in [2.05, 4.69) is 29.3 Å². The van der Waals surface area contributed by atoms with Crippen LogP contribution in [0.5, 0.6) is 0 Å². The molecule has 0 bridgehead atoms. The number of rotatable bonds is 7. The number of carbonyl (C=O) groups is 1. The number of hydrogen-bond donors (Lipinski definition) is 1. The third-order valence-corrected chi connectivity index (χ3v) is 4.35. The van der Waals surface area contributed by atoms with Gasteiger partial charge in [-0.2, -0.15) is 0 Å². The van der Waals surface area contributed by atoms with Gasteiger partial charge in [0.05, 0.1) is 0 Å². The summed E-state index contributed by atoms with van der Waals surface area (Å²) in [6.45, 7) is 6.24. The van der Waals surface area contributed by atoms with E-state index in [0.717, 1.165) is 25.9 Å². The number of likely N-dealkylation sites (tertiary alicyclic amines) is 1. The van der Waals surface area contributed by atoms with Gasteiger partial charge in [-0.25, -0.2) is 0 Å². The van der Waals surface area contributed by atoms with Crippen molar-refractivity contribution in [2.24, 2.45) is 5.92 Å². The van der Waals surface area contributed by atoms with Crippen molar-refractivity contribution in [2.45, 2.75) is 45.6 Å². The molecule has 1 aromatic carbocycles. The van der Waals surface area contributed by atoms with Gasteiger partial charge in [0.15, 0.2) is 0 Å². The number of hydrogen-bond acceptors (Lipinski definition) is 2. The molecule has 0 saturated carbocycles. The van der Waals surface area contributed by atoms with Crippen molar-refractivity contribution in [3.63, 3.8) is 0 Å². The molecule has 0 aromatic heterocycles. The number of carbonyl (C=O) groups excluding carboxylic acids is 1. The molecule has 1 aromatic rings. The fraction of sp³-hybridized carbons (Fsp3) is 0.611. The van der Waals surface area contributed by atoms with E-state index in [1.807, 2.05) is 18.2 Å². The molecule has 1 heterocycles. The maximum atomic E-state index is 12.2. The number of nitrogens with one attached hydrogen (secondary N) is 1. The first-order chi connectivity index (χ1) is 10.3. The highest BCUT2D eigenvalue weighted by Crippen LogP contribution is 2.18. The van der Waals surface area contributed by atoms with Crippen LogP contribution in [-0.4, -0.2) is 30.4 Å². The summed E-state index contributed by atoms with van der Waals surface area (Å²) in [6, 6.07) is 10.1. The molecule has 2 rings (SSSR count). The molecule has 1 N–H and O–H groups in total. The van der Waals surface area contributed by atoms with E-state index in [9.17, 15) is 4.79 Å². The van der Waals surface area contributed by atoms with Crippen LogP contribution in [-0.2, 0) is 11.3 Å². The average Bonchev–Trinajstić information content (AvgIpc) is 2.54. The van der Waals surface area contributed by atoms with Crippen LogP contribution in [0.3, 0.4) is 0 Å². The van der Waals surface area contributed by atoms with Gasteiger partial charge >= 0.3 is 0 Å². The van der Waals surface area contributed by atoms with Crippen LogP contribution in [0.2, 0.25) is 0 Å². The Hall–Kier alpha value is -1.35. The lowest BCUT2D eigenvalue weighted by Crippen LogP contribution is -2.40. The first-order valence-electron chi connectivity index (χ1n) is 8.33. The van der Waals surface area contributed by atoms with Crippen molar-refractivity contribution in [1.82, 2.24) is 10.2 Å². The van der Waals surface area contributed by atoms with Crippen LogP contribution >= 0.6 is 0 Å². The quantitative estimate of drug-likeness (QED) is 0.781. The first-order valence-corrected chi connectivity index (χ1v) is 8.33. The van der Waals surface area contributed by atoms with Gasteiger partial charge in [-0.1, -0.05) is 50.1 Å². The van der Waals surface area contributed by atoms with E-state index in [0.29, 0.717) is 6.54 Å². The Labute approximate surface area is 128 Å². The number of amides is 1. The van der Waals surface area contributed by atoms with E-state index < -0.39 is 0 Å². The lowest BCUT2D eigenvalue weighted by atomic mass is 9.95. The summed E-state index contributed by atoms with van der Waals surface area (Å²) < 4.78 is 0. The molecule has 1 fully saturated rings. The second kappa shape index (κ2) is 8.83. The van der Waals surface area contributed by atoms with Gasteiger partial charge in [-0.3, -0.25) is 4.79 Å². The number of unbranched alkanes of at least 4 members (excludes halogenated alkanes) is 2. The van der Waals surface area contributed by atoms with E-state index in [-0.39, 0.29) is 11.8 Å². The molecule has 1 aliphatic rings. The van der Waals surface area contributed by atoms with Crippen molar-refractivity contribution in [2.75, 3.05) is 19.6 Å². The van der Waals surface area contributed by atoms with Crippen LogP contribution in [0, 0.1) is 5.92 Å². The fourth-order valence-corrected chi connectivity index (χ4v) is 2.93. The molecule has 3 nitrogen and oxygen atoms in total. The Morgan fingerprint density at radius 2 is 1.90 bits per heavy atom. The fourth-order valence-electron chi connectivity index (χ4n) is 2.93. The summed E-state index contributed by atoms with van der Waals surface area (Å²) in [4.78, 5) is 14.7. The summed E-state index contributed by atoms with van der Waals surface area (Å²) in [5.41, 5.74) is 1.17. The molecule has 21 heavy (non-hydrogen) atoms. The number of piperidine rings is 1. The van der Waals surface area contributed by atoms with Crippen LogP contribution in [0.1, 0.15) is 44.6 Å². The van der Waals surface area contributed by atoms with Gasteiger partial charge in [0.1, 0.15) is 0 Å². The summed E-state index contributed by atoms with van der Waals surface area (Å²) >= 11 is 0. The van der Waals surface area contributed by atoms with E-state index in [1.165, 1.54) is 31.4 Å². The molecule has 1 saturated heterocycles. The van der Waals surface area contributed by atoms with Crippen molar-refractivity contribution in [1.29, 1.82) is 0 Å². The second-order valence-electron chi connectivity index (χ2n) is 6.03. The van der Waals surface area contributed by atoms with Gasteiger partial charge in [-0.05, 0) is 44.5 Å². The van der Waals surface area contributed by atoms with Gasteiger partial charge < -0.3 is 10.2 Å². The van der Waals surface area contributed by atoms with Crippen LogP contribution in [0.4, 0.5) is 0 Å². The largest absolute Gasteiger partial charge is 0.352 e. The van der Waals surface area contributed by atoms with Gasteiger partial charge in [0, 0.05) is 12.5 Å². The van der Waals surface area contributed by atoms with E-state index in [4.69, 9.17) is 0 Å². The summed E-state index contributed by atoms with van der Waals surface area (Å²) in [5, 5.41) is 3.08. The normalized spacial score (nSPS) is 16.8. The third-order valence-electron chi connectivity index (χ3n) is 4.35. The molecule has 1 amide bonds. The lowest BCUT2D eigenvalue weighted by Gasteiger charge is -2.31.